The van der Waals surface area contributed by atoms with Crippen LogP contribution in [0.3, 0.4) is 0 Å². The van der Waals surface area contributed by atoms with Gasteiger partial charge in [0.1, 0.15) is 0 Å². The fourth-order valence-electron chi connectivity index (χ4n) is 3.21. The molecule has 0 aromatic carbocycles. The van der Waals surface area contributed by atoms with Crippen LogP contribution in [-0.2, 0) is 14.2 Å². The molecule has 3 nitrogen and oxygen atoms in total. The third-order valence-electron chi connectivity index (χ3n) is 5.26. The van der Waals surface area contributed by atoms with Crippen molar-refractivity contribution in [3.63, 3.8) is 0 Å². The highest BCUT2D eigenvalue weighted by atomic mass is 16.5. The van der Waals surface area contributed by atoms with Crippen LogP contribution < -0.4 is 0 Å². The van der Waals surface area contributed by atoms with Gasteiger partial charge in [0.15, 0.2) is 0 Å². The molecule has 3 heteroatoms. The topological polar surface area (TPSA) is 27.7 Å². The van der Waals surface area contributed by atoms with Gasteiger partial charge in [0, 0.05) is 25.2 Å². The first-order valence-electron chi connectivity index (χ1n) is 10.6. The van der Waals surface area contributed by atoms with Gasteiger partial charge in [-0.3, -0.25) is 0 Å². The first kappa shape index (κ1) is 21.9. The minimum atomic E-state index is 0.350. The fourth-order valence-corrected chi connectivity index (χ4v) is 3.21. The number of unbranched alkanes of at least 4 members (excludes halogenated alkanes) is 10. The predicted molar refractivity (Wildman–Crippen MR) is 102 cm³/mol. The second-order valence-corrected chi connectivity index (χ2v) is 7.48. The Morgan fingerprint density at radius 2 is 1.12 bits per heavy atom. The molecule has 0 aromatic heterocycles. The van der Waals surface area contributed by atoms with Gasteiger partial charge >= 0.3 is 0 Å². The van der Waals surface area contributed by atoms with Gasteiger partial charge in [0.25, 0.3) is 0 Å². The predicted octanol–water partition coefficient (Wildman–Crippen LogP) is 5.76. The number of hydrogen-bond donors (Lipinski definition) is 0. The quantitative estimate of drug-likeness (QED) is 0.296. The molecule has 1 aliphatic rings. The van der Waals surface area contributed by atoms with Crippen LogP contribution in [0.5, 0.6) is 0 Å². The van der Waals surface area contributed by atoms with E-state index in [2.05, 4.69) is 13.8 Å². The second-order valence-electron chi connectivity index (χ2n) is 7.48. The zero-order valence-corrected chi connectivity index (χ0v) is 16.5. The summed E-state index contributed by atoms with van der Waals surface area (Å²) in [6, 6.07) is 0. The third kappa shape index (κ3) is 10.7. The van der Waals surface area contributed by atoms with Gasteiger partial charge in [-0.1, -0.05) is 64.7 Å². The standard InChI is InChI=1S/C21H42O3/c1-3-21(19-24-20-21)18-23-17-15-13-11-9-7-5-6-8-10-12-14-16-22-4-2/h3-20H2,1-2H3. The van der Waals surface area contributed by atoms with Crippen LogP contribution in [0, 0.1) is 5.41 Å². The van der Waals surface area contributed by atoms with E-state index in [-0.39, 0.29) is 0 Å². The van der Waals surface area contributed by atoms with Crippen LogP contribution in [0.2, 0.25) is 0 Å². The van der Waals surface area contributed by atoms with E-state index in [4.69, 9.17) is 14.2 Å². The zero-order valence-electron chi connectivity index (χ0n) is 16.5. The minimum absolute atomic E-state index is 0.350. The summed E-state index contributed by atoms with van der Waals surface area (Å²) in [5.41, 5.74) is 0.350. The number of ether oxygens (including phenoxy) is 3. The molecule has 1 heterocycles. The lowest BCUT2D eigenvalue weighted by molar-refractivity contribution is -0.150. The van der Waals surface area contributed by atoms with Crippen molar-refractivity contribution in [1.29, 1.82) is 0 Å². The van der Waals surface area contributed by atoms with Gasteiger partial charge in [0.2, 0.25) is 0 Å². The smallest absolute Gasteiger partial charge is 0.0566 e. The Morgan fingerprint density at radius 3 is 1.50 bits per heavy atom. The van der Waals surface area contributed by atoms with Crippen LogP contribution >= 0.6 is 0 Å². The van der Waals surface area contributed by atoms with E-state index in [0.29, 0.717) is 5.41 Å². The van der Waals surface area contributed by atoms with E-state index >= 15 is 0 Å². The summed E-state index contributed by atoms with van der Waals surface area (Å²) in [5.74, 6) is 0. The molecule has 0 bridgehead atoms. The summed E-state index contributed by atoms with van der Waals surface area (Å²) < 4.78 is 16.5. The first-order chi connectivity index (χ1) is 11.8. The maximum atomic E-state index is 5.85. The summed E-state index contributed by atoms with van der Waals surface area (Å²) in [4.78, 5) is 0. The maximum absolute atomic E-state index is 5.85. The van der Waals surface area contributed by atoms with Gasteiger partial charge < -0.3 is 14.2 Å². The van der Waals surface area contributed by atoms with Crippen LogP contribution in [0.25, 0.3) is 0 Å². The highest BCUT2D eigenvalue weighted by Gasteiger charge is 2.36. The van der Waals surface area contributed by atoms with Crippen LogP contribution in [0.1, 0.15) is 90.9 Å². The van der Waals surface area contributed by atoms with E-state index < -0.39 is 0 Å². The molecule has 0 spiro atoms. The van der Waals surface area contributed by atoms with Gasteiger partial charge in [0.05, 0.1) is 19.8 Å². The van der Waals surface area contributed by atoms with Crippen molar-refractivity contribution in [3.05, 3.63) is 0 Å². The Bertz CT molecular complexity index is 258. The SMILES string of the molecule is CCOCCCCCCCCCCCCCOCC1(CC)COC1. The summed E-state index contributed by atoms with van der Waals surface area (Å²) in [6.45, 7) is 9.75. The third-order valence-corrected chi connectivity index (χ3v) is 5.26. The average Bonchev–Trinajstić information content (AvgIpc) is 2.56. The fraction of sp³-hybridized carbons (Fsp3) is 1.00. The molecular weight excluding hydrogens is 300 g/mol. The monoisotopic (exact) mass is 342 g/mol. The Hall–Kier alpha value is -0.120. The zero-order chi connectivity index (χ0) is 17.3. The van der Waals surface area contributed by atoms with Crippen molar-refractivity contribution in [2.45, 2.75) is 90.9 Å². The van der Waals surface area contributed by atoms with E-state index in [1.54, 1.807) is 0 Å². The van der Waals surface area contributed by atoms with Gasteiger partial charge in [-0.15, -0.1) is 0 Å². The molecule has 1 fully saturated rings. The Kier molecular flexibility index (Phi) is 13.8. The maximum Gasteiger partial charge on any atom is 0.0566 e. The van der Waals surface area contributed by atoms with E-state index in [1.807, 2.05) is 0 Å². The number of rotatable bonds is 18. The largest absolute Gasteiger partial charge is 0.382 e. The molecule has 0 amide bonds. The lowest BCUT2D eigenvalue weighted by Crippen LogP contribution is -2.45. The lowest BCUT2D eigenvalue weighted by Gasteiger charge is -2.40. The molecule has 144 valence electrons. The molecule has 0 aromatic rings. The normalized spacial score (nSPS) is 16.2. The first-order valence-corrected chi connectivity index (χ1v) is 10.6. The van der Waals surface area contributed by atoms with Crippen LogP contribution in [0.15, 0.2) is 0 Å². The summed E-state index contributed by atoms with van der Waals surface area (Å²) >= 11 is 0. The Morgan fingerprint density at radius 1 is 0.667 bits per heavy atom. The highest BCUT2D eigenvalue weighted by molar-refractivity contribution is 4.83. The molecule has 0 unspecified atom stereocenters. The molecule has 0 N–H and O–H groups in total. The van der Waals surface area contributed by atoms with Gasteiger partial charge in [-0.05, 0) is 26.2 Å². The van der Waals surface area contributed by atoms with Crippen molar-refractivity contribution in [1.82, 2.24) is 0 Å². The number of hydrogen-bond acceptors (Lipinski definition) is 3. The molecule has 0 saturated carbocycles. The minimum Gasteiger partial charge on any atom is -0.382 e. The summed E-state index contributed by atoms with van der Waals surface area (Å²) in [7, 11) is 0. The lowest BCUT2D eigenvalue weighted by atomic mass is 9.84. The highest BCUT2D eigenvalue weighted by Crippen LogP contribution is 2.31. The van der Waals surface area contributed by atoms with E-state index in [0.717, 1.165) is 39.6 Å². The Balaban J connectivity index is 1.69. The molecular formula is C21H42O3. The van der Waals surface area contributed by atoms with Crippen molar-refractivity contribution in [2.75, 3.05) is 39.6 Å². The van der Waals surface area contributed by atoms with Crippen molar-refractivity contribution in [3.8, 4) is 0 Å². The molecule has 0 aliphatic carbocycles. The Labute approximate surface area is 150 Å². The molecule has 1 rings (SSSR count). The van der Waals surface area contributed by atoms with Crippen molar-refractivity contribution < 1.29 is 14.2 Å². The average molecular weight is 343 g/mol. The van der Waals surface area contributed by atoms with Gasteiger partial charge in [-0.2, -0.15) is 0 Å². The molecule has 0 radical (unpaired) electrons. The summed E-state index contributed by atoms with van der Waals surface area (Å²) in [6.07, 6.45) is 16.1. The molecule has 24 heavy (non-hydrogen) atoms. The summed E-state index contributed by atoms with van der Waals surface area (Å²) in [5, 5.41) is 0. The van der Waals surface area contributed by atoms with Crippen LogP contribution in [-0.4, -0.2) is 39.6 Å². The second kappa shape index (κ2) is 15.2. The van der Waals surface area contributed by atoms with E-state index in [1.165, 1.54) is 77.0 Å². The van der Waals surface area contributed by atoms with Crippen LogP contribution in [0.4, 0.5) is 0 Å². The van der Waals surface area contributed by atoms with Crippen molar-refractivity contribution in [2.24, 2.45) is 5.41 Å². The van der Waals surface area contributed by atoms with E-state index in [9.17, 15) is 0 Å². The molecule has 1 aliphatic heterocycles. The van der Waals surface area contributed by atoms with Gasteiger partial charge in [-0.25, -0.2) is 0 Å². The molecule has 0 atom stereocenters. The van der Waals surface area contributed by atoms with Crippen molar-refractivity contribution >= 4 is 0 Å². The molecule has 1 saturated heterocycles.